The number of hydrogen-bond donors (Lipinski definition) is 4. The second-order valence-electron chi connectivity index (χ2n) is 17.8. The number of rotatable bonds is 22. The highest BCUT2D eigenvalue weighted by Gasteiger charge is 2.24. The summed E-state index contributed by atoms with van der Waals surface area (Å²) in [6, 6.07) is 24.0. The molecule has 14 heteroatoms. The second kappa shape index (κ2) is 22.9. The van der Waals surface area contributed by atoms with Crippen LogP contribution < -0.4 is 10.6 Å². The van der Waals surface area contributed by atoms with Crippen molar-refractivity contribution >= 4 is 103 Å². The van der Waals surface area contributed by atoms with E-state index in [9.17, 15) is 38.4 Å². The fourth-order valence-corrected chi connectivity index (χ4v) is 8.76. The predicted octanol–water partition coefficient (Wildman–Crippen LogP) is 9.47. The molecule has 2 aliphatic rings. The Hall–Kier alpha value is -8.52. The van der Waals surface area contributed by atoms with E-state index in [2.05, 4.69) is 33.8 Å². The van der Waals surface area contributed by atoms with Crippen molar-refractivity contribution in [2.75, 3.05) is 13.1 Å². The number of aryl methyl sites for hydroxylation is 2. The molecular weight excluding hydrogens is 909 g/mol. The van der Waals surface area contributed by atoms with Crippen LogP contribution in [0.3, 0.4) is 0 Å². The van der Waals surface area contributed by atoms with Gasteiger partial charge in [-0.05, 0) is 98.2 Å². The van der Waals surface area contributed by atoms with E-state index < -0.39 is 34.9 Å². The molecule has 0 atom stereocenters. The lowest BCUT2D eigenvalue weighted by atomic mass is 9.98. The first-order valence-corrected chi connectivity index (χ1v) is 23.8. The summed E-state index contributed by atoms with van der Waals surface area (Å²) in [7, 11) is 0. The van der Waals surface area contributed by atoms with Crippen molar-refractivity contribution in [1.29, 1.82) is 0 Å². The minimum atomic E-state index is -0.678. The van der Waals surface area contributed by atoms with Crippen molar-refractivity contribution in [2.45, 2.75) is 79.1 Å². The average Bonchev–Trinajstić information content (AvgIpc) is 4.06. The molecule has 4 N–H and O–H groups in total. The average molecular weight is 965 g/mol. The standard InChI is InChI=1S/C58H56N6O8/c1-7-41-33(3)45-27-46-35(5)43(21-25-55(69)59-31-39(65)19-23-53(67)57(71)37-15-11-9-12-16-37)51(63-46)30-52-44(36(6)48(64-52)29-50-42(8-2)34(4)47(62-50)28-49(41)61-45)22-26-56(70)60-32-40(66)20-24-54(68)58(72)38-17-13-10-14-18-38/h7-18,27-30,61-62H,1-2,19-26,31-32H2,3-6H3,(H,59,69)(H,60,70). The van der Waals surface area contributed by atoms with Gasteiger partial charge in [0.15, 0.2) is 11.6 Å². The number of nitrogens with zero attached hydrogens (tertiary/aromatic N) is 2. The number of carbonyl (C=O) groups is 8. The van der Waals surface area contributed by atoms with Crippen LogP contribution in [0.25, 0.3) is 56.5 Å². The number of H-pyrrole nitrogens is 2. The minimum absolute atomic E-state index is 0.000267. The zero-order chi connectivity index (χ0) is 51.6. The summed E-state index contributed by atoms with van der Waals surface area (Å²) in [5.41, 5.74) is 13.1. The van der Waals surface area contributed by atoms with E-state index in [1.165, 1.54) is 0 Å². The fourth-order valence-electron chi connectivity index (χ4n) is 8.76. The van der Waals surface area contributed by atoms with Crippen LogP contribution in [0.5, 0.6) is 0 Å². The van der Waals surface area contributed by atoms with Gasteiger partial charge in [0, 0.05) is 82.8 Å². The number of ketones is 6. The van der Waals surface area contributed by atoms with Crippen LogP contribution in [0.1, 0.15) is 131 Å². The molecule has 8 bridgehead atoms. The van der Waals surface area contributed by atoms with E-state index in [0.717, 1.165) is 66.6 Å². The minimum Gasteiger partial charge on any atom is -0.355 e. The van der Waals surface area contributed by atoms with Gasteiger partial charge in [-0.3, -0.25) is 38.4 Å². The largest absolute Gasteiger partial charge is 0.355 e. The van der Waals surface area contributed by atoms with Gasteiger partial charge in [-0.1, -0.05) is 86.0 Å². The molecule has 7 rings (SSSR count). The third-order valence-electron chi connectivity index (χ3n) is 13.1. The molecule has 366 valence electrons. The van der Waals surface area contributed by atoms with Gasteiger partial charge in [-0.25, -0.2) is 9.97 Å². The molecule has 0 unspecified atom stereocenters. The quantitative estimate of drug-likeness (QED) is 0.0380. The maximum atomic E-state index is 13.3. The lowest BCUT2D eigenvalue weighted by Gasteiger charge is -2.08. The van der Waals surface area contributed by atoms with Gasteiger partial charge in [0.25, 0.3) is 0 Å². The van der Waals surface area contributed by atoms with Crippen molar-refractivity contribution in [2.24, 2.45) is 0 Å². The maximum Gasteiger partial charge on any atom is 0.228 e. The van der Waals surface area contributed by atoms with Crippen LogP contribution in [-0.4, -0.2) is 79.5 Å². The lowest BCUT2D eigenvalue weighted by molar-refractivity contribution is -0.125. The van der Waals surface area contributed by atoms with E-state index in [4.69, 9.17) is 9.97 Å². The first kappa shape index (κ1) is 51.3. The number of Topliss-reactive ketones (excluding diaryl/α,β-unsaturated/α-hetero) is 6. The third kappa shape index (κ3) is 11.9. The van der Waals surface area contributed by atoms with Crippen LogP contribution in [-0.2, 0) is 28.8 Å². The molecule has 0 spiro atoms. The molecule has 72 heavy (non-hydrogen) atoms. The summed E-state index contributed by atoms with van der Waals surface area (Å²) in [5, 5.41) is 5.33. The SMILES string of the molecule is C=Cc1c(C)c2cc3[nH]c(cc4nc(cc5nc(cc1[nH]2)C(C)=C5CCC(=O)NCC(=O)CCC(=O)C(=O)c1ccccc1)C(CCC(=O)NCC(=O)CCC(=O)C(=O)c1ccccc1)=C4C)c(C)c3C=C. The van der Waals surface area contributed by atoms with Gasteiger partial charge >= 0.3 is 0 Å². The molecular formula is C58H56N6O8. The first-order chi connectivity index (χ1) is 34.6. The summed E-state index contributed by atoms with van der Waals surface area (Å²) in [5.74, 6) is -4.24. The van der Waals surface area contributed by atoms with Crippen LogP contribution in [0.4, 0.5) is 0 Å². The van der Waals surface area contributed by atoms with E-state index in [1.807, 2.05) is 58.0 Å². The Morgan fingerprint density at radius 3 is 1.29 bits per heavy atom. The Bertz CT molecular complexity index is 3320. The van der Waals surface area contributed by atoms with Gasteiger partial charge in [0.05, 0.1) is 35.9 Å². The third-order valence-corrected chi connectivity index (χ3v) is 13.1. The number of allylic oxidation sites excluding steroid dienone is 4. The Balaban J connectivity index is 1.14. The highest BCUT2D eigenvalue weighted by Crippen LogP contribution is 2.38. The highest BCUT2D eigenvalue weighted by molar-refractivity contribution is 6.44. The number of aromatic nitrogens is 4. The molecule has 0 radical (unpaired) electrons. The van der Waals surface area contributed by atoms with Gasteiger partial charge in [-0.15, -0.1) is 0 Å². The van der Waals surface area contributed by atoms with Crippen LogP contribution in [0.2, 0.25) is 0 Å². The summed E-state index contributed by atoms with van der Waals surface area (Å²) in [6.07, 6.45) is 3.16. The van der Waals surface area contributed by atoms with Crippen molar-refractivity contribution < 1.29 is 38.4 Å². The highest BCUT2D eigenvalue weighted by atomic mass is 16.2. The molecule has 0 saturated carbocycles. The van der Waals surface area contributed by atoms with Crippen molar-refractivity contribution in [3.63, 3.8) is 0 Å². The summed E-state index contributed by atoms with van der Waals surface area (Å²) in [4.78, 5) is 119. The smallest absolute Gasteiger partial charge is 0.228 e. The van der Waals surface area contributed by atoms with Gasteiger partial charge in [0.1, 0.15) is 0 Å². The second-order valence-corrected chi connectivity index (χ2v) is 17.8. The van der Waals surface area contributed by atoms with Gasteiger partial charge in [-0.2, -0.15) is 0 Å². The Morgan fingerprint density at radius 2 is 0.875 bits per heavy atom. The number of hydrogen-bond acceptors (Lipinski definition) is 10. The van der Waals surface area contributed by atoms with Crippen LogP contribution >= 0.6 is 0 Å². The zero-order valence-electron chi connectivity index (χ0n) is 40.9. The van der Waals surface area contributed by atoms with Crippen molar-refractivity contribution in [3.05, 3.63) is 154 Å². The van der Waals surface area contributed by atoms with Crippen molar-refractivity contribution in [1.82, 2.24) is 30.6 Å². The summed E-state index contributed by atoms with van der Waals surface area (Å²) < 4.78 is 0. The molecule has 0 saturated heterocycles. The fraction of sp³-hybridized carbons (Fsp3) is 0.241. The predicted molar refractivity (Wildman–Crippen MR) is 280 cm³/mol. The molecule has 5 aromatic rings. The monoisotopic (exact) mass is 964 g/mol. The molecule has 14 nitrogen and oxygen atoms in total. The molecule has 0 fully saturated rings. The summed E-state index contributed by atoms with van der Waals surface area (Å²) >= 11 is 0. The van der Waals surface area contributed by atoms with Crippen molar-refractivity contribution in [3.8, 4) is 0 Å². The van der Waals surface area contributed by atoms with Gasteiger partial charge < -0.3 is 20.6 Å². The van der Waals surface area contributed by atoms with Gasteiger partial charge in [0.2, 0.25) is 34.9 Å². The van der Waals surface area contributed by atoms with E-state index in [0.29, 0.717) is 22.8 Å². The van der Waals surface area contributed by atoms with Crippen LogP contribution in [0, 0.1) is 13.8 Å². The number of carbonyl (C=O) groups excluding carboxylic acids is 8. The lowest BCUT2D eigenvalue weighted by Crippen LogP contribution is -2.29. The van der Waals surface area contributed by atoms with Crippen LogP contribution in [0.15, 0.2) is 98.1 Å². The molecule has 3 aromatic heterocycles. The number of amides is 2. The first-order valence-electron chi connectivity index (χ1n) is 23.8. The molecule has 2 amide bonds. The normalized spacial score (nSPS) is 12.1. The molecule has 2 aliphatic heterocycles. The Morgan fingerprint density at radius 1 is 0.486 bits per heavy atom. The maximum absolute atomic E-state index is 13.3. The Kier molecular flexibility index (Phi) is 16.3. The topological polar surface area (TPSA) is 218 Å². The number of fused-ring (bicyclic) bond motifs is 8. The molecule has 5 heterocycles. The number of nitrogens with one attached hydrogen (secondary N) is 4. The van der Waals surface area contributed by atoms with E-state index in [-0.39, 0.29) is 87.1 Å². The molecule has 2 aromatic carbocycles. The zero-order valence-corrected chi connectivity index (χ0v) is 40.9. The number of benzene rings is 2. The van der Waals surface area contributed by atoms with E-state index in [1.54, 1.807) is 66.7 Å². The molecule has 0 aliphatic carbocycles. The summed E-state index contributed by atoms with van der Waals surface area (Å²) in [6.45, 7) is 15.5. The Labute approximate surface area is 416 Å². The number of aromatic amines is 2. The van der Waals surface area contributed by atoms with E-state index >= 15 is 0 Å².